The number of hydrogen-bond acceptors (Lipinski definition) is 2. The average Bonchev–Trinajstić information content (AvgIpc) is 1.89. The second-order valence-electron chi connectivity index (χ2n) is 0.744. The molecule has 0 aromatic heterocycles. The van der Waals surface area contributed by atoms with Crippen molar-refractivity contribution in [2.75, 3.05) is 0 Å². The minimum absolute atomic E-state index is 0. The van der Waals surface area contributed by atoms with Crippen molar-refractivity contribution in [2.24, 2.45) is 0 Å². The van der Waals surface area contributed by atoms with E-state index >= 15 is 0 Å². The third-order valence-electron chi connectivity index (χ3n) is 0.169. The van der Waals surface area contributed by atoms with E-state index in [9.17, 15) is 0 Å². The van der Waals surface area contributed by atoms with E-state index in [4.69, 9.17) is 56.9 Å². The normalized spacial score (nSPS) is 5.27. The van der Waals surface area contributed by atoms with Crippen LogP contribution in [0.15, 0.2) is 0 Å². The summed E-state index contributed by atoms with van der Waals surface area (Å²) in [6.45, 7) is 0. The summed E-state index contributed by atoms with van der Waals surface area (Å²) in [5.74, 6) is 0. The van der Waals surface area contributed by atoms with E-state index in [2.05, 4.69) is 0 Å². The number of nitrogens with zero attached hydrogens (tertiary/aromatic N) is 2. The van der Waals surface area contributed by atoms with Gasteiger partial charge in [0.2, 0.25) is 0 Å². The predicted molar refractivity (Wildman–Crippen MR) is 41.1 cm³/mol. The van der Waals surface area contributed by atoms with Crippen LogP contribution >= 0.6 is 46.4 Å². The number of hydrogen-bond donors (Lipinski definition) is 0. The molecular weight excluding hydrogens is 324 g/mol. The zero-order chi connectivity index (χ0) is 8.57. The summed E-state index contributed by atoms with van der Waals surface area (Å²) in [5.41, 5.74) is 0. The maximum absolute atomic E-state index is 7.59. The molecule has 0 N–H and O–H groups in total. The van der Waals surface area contributed by atoms with Crippen LogP contribution in [-0.2, 0) is 20.4 Å². The molecule has 0 aromatic rings. The van der Waals surface area contributed by atoms with Crippen molar-refractivity contribution in [3.63, 3.8) is 0 Å². The summed E-state index contributed by atoms with van der Waals surface area (Å²) >= 11 is 19.1. The molecule has 0 fully saturated rings. The third-order valence-corrected chi connectivity index (χ3v) is 0.507. The van der Waals surface area contributed by atoms with Crippen molar-refractivity contribution >= 4 is 46.4 Å². The van der Waals surface area contributed by atoms with Crippen LogP contribution in [0.5, 0.6) is 0 Å². The monoisotopic (exact) mass is 322 g/mol. The van der Waals surface area contributed by atoms with Crippen molar-refractivity contribution in [3.05, 3.63) is 9.67 Å². The second kappa shape index (κ2) is 13.2. The first-order chi connectivity index (χ1) is 4.54. The molecule has 0 spiro atoms. The molecule has 0 radical (unpaired) electrons. The Labute approximate surface area is 98.6 Å². The van der Waals surface area contributed by atoms with E-state index in [1.165, 1.54) is 12.1 Å². The molecule has 0 bridgehead atoms. The van der Waals surface area contributed by atoms with Crippen LogP contribution in [0.2, 0.25) is 0 Å². The Balaban J connectivity index is -0.000000107. The molecule has 0 rings (SSSR count). The molecule has 0 heterocycles. The van der Waals surface area contributed by atoms with Crippen LogP contribution in [-0.4, -0.2) is 0 Å². The molecule has 0 aliphatic heterocycles. The molecular formula is C4Cl4N2Pd. The van der Waals surface area contributed by atoms with E-state index < -0.39 is 0 Å². The van der Waals surface area contributed by atoms with Gasteiger partial charge in [-0.05, 0) is 0 Å². The quantitative estimate of drug-likeness (QED) is 0.508. The topological polar surface area (TPSA) is 47.6 Å². The smallest absolute Gasteiger partial charge is 0.293 e. The van der Waals surface area contributed by atoms with Crippen LogP contribution < -0.4 is 0 Å². The van der Waals surface area contributed by atoms with Crippen LogP contribution in [0.25, 0.3) is 0 Å². The zero-order valence-corrected chi connectivity index (χ0v) is 9.30. The fourth-order valence-electron chi connectivity index (χ4n) is 0. The maximum Gasteiger partial charge on any atom is 2.00 e. The van der Waals surface area contributed by atoms with Gasteiger partial charge in [0.1, 0.15) is 0 Å². The summed E-state index contributed by atoms with van der Waals surface area (Å²) < 4.78 is 0. The Kier molecular flexibility index (Phi) is 21.0. The van der Waals surface area contributed by atoms with Gasteiger partial charge >= 0.3 is 20.4 Å². The first kappa shape index (κ1) is 17.6. The number of nitriles is 2. The molecule has 0 saturated carbocycles. The van der Waals surface area contributed by atoms with Gasteiger partial charge in [-0.25, -0.2) is 10.5 Å². The Morgan fingerprint density at radius 1 is 0.818 bits per heavy atom. The minimum atomic E-state index is -0.245. The van der Waals surface area contributed by atoms with E-state index in [1.54, 1.807) is 0 Å². The van der Waals surface area contributed by atoms with Crippen molar-refractivity contribution in [1.82, 2.24) is 0 Å². The molecule has 0 aliphatic rings. The van der Waals surface area contributed by atoms with E-state index in [0.29, 0.717) is 0 Å². The van der Waals surface area contributed by atoms with Crippen LogP contribution in [0, 0.1) is 32.3 Å². The number of halogens is 4. The van der Waals surface area contributed by atoms with Gasteiger partial charge in [-0.2, -0.15) is 0 Å². The molecule has 0 unspecified atom stereocenters. The second-order valence-corrected chi connectivity index (χ2v) is 2.64. The molecule has 0 saturated heterocycles. The fraction of sp³-hybridized carbons (Fsp3) is 0. The van der Waals surface area contributed by atoms with E-state index in [-0.39, 0.29) is 30.1 Å². The summed E-state index contributed by atoms with van der Waals surface area (Å²) in [7, 11) is 0. The van der Waals surface area contributed by atoms with Crippen LogP contribution in [0.3, 0.4) is 0 Å². The van der Waals surface area contributed by atoms with Crippen molar-refractivity contribution in [3.8, 4) is 12.1 Å². The van der Waals surface area contributed by atoms with Gasteiger partial charge in [-0.1, -0.05) is 12.1 Å². The molecule has 0 amide bonds. The summed E-state index contributed by atoms with van der Waals surface area (Å²) in [6, 6.07) is 2.95. The maximum atomic E-state index is 7.59. The first-order valence-corrected chi connectivity index (χ1v) is 3.22. The minimum Gasteiger partial charge on any atom is -0.293 e. The van der Waals surface area contributed by atoms with Gasteiger partial charge in [-0.3, -0.25) is 46.4 Å². The molecule has 0 aromatic carbocycles. The SMILES string of the molecule is N#C[C-](Cl)Cl.N#C[C-](Cl)Cl.[Pd+2]. The van der Waals surface area contributed by atoms with Crippen molar-refractivity contribution in [1.29, 1.82) is 10.5 Å². The van der Waals surface area contributed by atoms with Gasteiger partial charge in [-0.15, -0.1) is 9.67 Å². The fourth-order valence-corrected chi connectivity index (χ4v) is 0. The van der Waals surface area contributed by atoms with E-state index in [1.807, 2.05) is 0 Å². The molecule has 0 atom stereocenters. The first-order valence-electron chi connectivity index (χ1n) is 1.70. The van der Waals surface area contributed by atoms with Gasteiger partial charge in [0.15, 0.2) is 0 Å². The Bertz CT molecular complexity index is 129. The predicted octanol–water partition coefficient (Wildman–Crippen LogP) is 2.95. The van der Waals surface area contributed by atoms with Gasteiger partial charge in [0.05, 0.1) is 0 Å². The van der Waals surface area contributed by atoms with Gasteiger partial charge in [0.25, 0.3) is 0 Å². The van der Waals surface area contributed by atoms with Crippen LogP contribution in [0.4, 0.5) is 0 Å². The summed E-state index contributed by atoms with van der Waals surface area (Å²) in [4.78, 5) is -0.491. The summed E-state index contributed by atoms with van der Waals surface area (Å²) in [6.07, 6.45) is 0. The third kappa shape index (κ3) is 37.3. The zero-order valence-electron chi connectivity index (χ0n) is 4.72. The van der Waals surface area contributed by atoms with E-state index in [0.717, 1.165) is 0 Å². The molecule has 7 heteroatoms. The molecule has 2 nitrogen and oxygen atoms in total. The molecule has 0 aliphatic carbocycles. The van der Waals surface area contributed by atoms with Crippen molar-refractivity contribution < 1.29 is 20.4 Å². The largest absolute Gasteiger partial charge is 2.00 e. The molecule has 11 heavy (non-hydrogen) atoms. The molecule has 64 valence electrons. The Morgan fingerprint density at radius 2 is 0.909 bits per heavy atom. The Hall–Kier alpha value is 0.542. The average molecular weight is 324 g/mol. The Morgan fingerprint density at radius 3 is 0.909 bits per heavy atom. The van der Waals surface area contributed by atoms with Gasteiger partial charge < -0.3 is 0 Å². The van der Waals surface area contributed by atoms with Crippen molar-refractivity contribution in [2.45, 2.75) is 0 Å². The van der Waals surface area contributed by atoms with Crippen LogP contribution in [0.1, 0.15) is 0 Å². The standard InChI is InChI=1S/2C2Cl2N.Pd/c2*3-2(4)1-5;/q2*-1;+2. The summed E-state index contributed by atoms with van der Waals surface area (Å²) in [5, 5.41) is 15.2. The van der Waals surface area contributed by atoms with Gasteiger partial charge in [0, 0.05) is 0 Å². The number of rotatable bonds is 0.